The van der Waals surface area contributed by atoms with Crippen LogP contribution >= 0.6 is 12.2 Å². The monoisotopic (exact) mass is 355 g/mol. The number of anilines is 2. The second-order valence-electron chi connectivity index (χ2n) is 6.70. The molecule has 2 N–H and O–H groups in total. The van der Waals surface area contributed by atoms with Crippen LogP contribution in [-0.4, -0.2) is 41.3 Å². The minimum Gasteiger partial charge on any atom is -0.508 e. The van der Waals surface area contributed by atoms with Crippen LogP contribution in [0.15, 0.2) is 48.5 Å². The molecule has 1 aliphatic heterocycles. The number of phenols is 1. The molecular formula is C20H25N3OS. The summed E-state index contributed by atoms with van der Waals surface area (Å²) >= 11 is 5.58. The summed E-state index contributed by atoms with van der Waals surface area (Å²) in [5, 5.41) is 13.5. The van der Waals surface area contributed by atoms with Crippen molar-refractivity contribution in [1.29, 1.82) is 0 Å². The molecule has 0 spiro atoms. The van der Waals surface area contributed by atoms with E-state index in [0.717, 1.165) is 42.7 Å². The standard InChI is InChI=1S/C20H25N3OS/c1-15(2)16-3-5-17(6-4-16)21-20(25)23-13-11-22(12-14-23)18-7-9-19(24)10-8-18/h3-10,15,24H,11-14H2,1-2H3,(H,21,25). The molecule has 5 heteroatoms. The van der Waals surface area contributed by atoms with Crippen molar-refractivity contribution in [3.8, 4) is 5.75 Å². The Kier molecular flexibility index (Phi) is 5.43. The summed E-state index contributed by atoms with van der Waals surface area (Å²) in [7, 11) is 0. The highest BCUT2D eigenvalue weighted by molar-refractivity contribution is 7.80. The minimum absolute atomic E-state index is 0.302. The highest BCUT2D eigenvalue weighted by Crippen LogP contribution is 2.21. The van der Waals surface area contributed by atoms with E-state index in [1.165, 1.54) is 5.56 Å². The maximum absolute atomic E-state index is 9.41. The largest absolute Gasteiger partial charge is 0.508 e. The summed E-state index contributed by atoms with van der Waals surface area (Å²) in [4.78, 5) is 4.53. The molecule has 0 saturated carbocycles. The van der Waals surface area contributed by atoms with Crippen molar-refractivity contribution in [2.45, 2.75) is 19.8 Å². The lowest BCUT2D eigenvalue weighted by atomic mass is 10.0. The van der Waals surface area contributed by atoms with E-state index < -0.39 is 0 Å². The molecule has 0 atom stereocenters. The van der Waals surface area contributed by atoms with Crippen LogP contribution in [0.5, 0.6) is 5.75 Å². The Morgan fingerprint density at radius 3 is 2.12 bits per heavy atom. The van der Waals surface area contributed by atoms with Gasteiger partial charge in [0.2, 0.25) is 0 Å². The fourth-order valence-corrected chi connectivity index (χ4v) is 3.29. The Balaban J connectivity index is 1.53. The molecule has 0 unspecified atom stereocenters. The summed E-state index contributed by atoms with van der Waals surface area (Å²) in [5.74, 6) is 0.838. The van der Waals surface area contributed by atoms with Crippen molar-refractivity contribution in [2.24, 2.45) is 0 Å². The van der Waals surface area contributed by atoms with E-state index in [1.54, 1.807) is 12.1 Å². The van der Waals surface area contributed by atoms with Crippen molar-refractivity contribution in [3.63, 3.8) is 0 Å². The zero-order chi connectivity index (χ0) is 17.8. The molecule has 2 aromatic carbocycles. The molecule has 1 heterocycles. The molecule has 132 valence electrons. The Hall–Kier alpha value is -2.27. The zero-order valence-electron chi connectivity index (χ0n) is 14.8. The maximum atomic E-state index is 9.41. The Morgan fingerprint density at radius 1 is 0.960 bits per heavy atom. The third kappa shape index (κ3) is 4.42. The van der Waals surface area contributed by atoms with E-state index in [-0.39, 0.29) is 0 Å². The molecule has 0 amide bonds. The van der Waals surface area contributed by atoms with Crippen LogP contribution in [0, 0.1) is 0 Å². The average molecular weight is 356 g/mol. The van der Waals surface area contributed by atoms with E-state index in [2.05, 4.69) is 53.2 Å². The molecule has 0 aliphatic carbocycles. The maximum Gasteiger partial charge on any atom is 0.173 e. The molecule has 25 heavy (non-hydrogen) atoms. The van der Waals surface area contributed by atoms with Crippen LogP contribution < -0.4 is 10.2 Å². The molecule has 1 fully saturated rings. The SMILES string of the molecule is CC(C)c1ccc(NC(=S)N2CCN(c3ccc(O)cc3)CC2)cc1. The van der Waals surface area contributed by atoms with Crippen molar-refractivity contribution in [2.75, 3.05) is 36.4 Å². The van der Waals surface area contributed by atoms with Crippen molar-refractivity contribution >= 4 is 28.7 Å². The van der Waals surface area contributed by atoms with Crippen LogP contribution in [0.4, 0.5) is 11.4 Å². The van der Waals surface area contributed by atoms with Crippen molar-refractivity contribution < 1.29 is 5.11 Å². The fourth-order valence-electron chi connectivity index (χ4n) is 2.99. The first-order chi connectivity index (χ1) is 12.0. The molecular weight excluding hydrogens is 330 g/mol. The lowest BCUT2D eigenvalue weighted by Crippen LogP contribution is -2.50. The molecule has 0 radical (unpaired) electrons. The van der Waals surface area contributed by atoms with E-state index >= 15 is 0 Å². The first-order valence-corrected chi connectivity index (χ1v) is 9.13. The highest BCUT2D eigenvalue weighted by atomic mass is 32.1. The van der Waals surface area contributed by atoms with Crippen LogP contribution in [0.1, 0.15) is 25.3 Å². The normalized spacial score (nSPS) is 14.7. The third-order valence-electron chi connectivity index (χ3n) is 4.61. The molecule has 2 aromatic rings. The molecule has 1 saturated heterocycles. The minimum atomic E-state index is 0.302. The van der Waals surface area contributed by atoms with Crippen LogP contribution in [-0.2, 0) is 0 Å². The summed E-state index contributed by atoms with van der Waals surface area (Å²) in [6, 6.07) is 15.9. The highest BCUT2D eigenvalue weighted by Gasteiger charge is 2.19. The number of phenolic OH excluding ortho intramolecular Hbond substituents is 1. The molecule has 0 bridgehead atoms. The molecule has 0 aromatic heterocycles. The molecule has 1 aliphatic rings. The number of rotatable bonds is 3. The smallest absolute Gasteiger partial charge is 0.173 e. The second kappa shape index (κ2) is 7.74. The van der Waals surface area contributed by atoms with Crippen LogP contribution in [0.25, 0.3) is 0 Å². The van der Waals surface area contributed by atoms with Crippen molar-refractivity contribution in [3.05, 3.63) is 54.1 Å². The van der Waals surface area contributed by atoms with E-state index in [9.17, 15) is 5.11 Å². The Morgan fingerprint density at radius 2 is 1.56 bits per heavy atom. The van der Waals surface area contributed by atoms with Crippen LogP contribution in [0.2, 0.25) is 0 Å². The zero-order valence-corrected chi connectivity index (χ0v) is 15.6. The first-order valence-electron chi connectivity index (χ1n) is 8.73. The molecule has 3 rings (SSSR count). The van der Waals surface area contributed by atoms with Crippen LogP contribution in [0.3, 0.4) is 0 Å². The predicted molar refractivity (Wildman–Crippen MR) is 109 cm³/mol. The van der Waals surface area contributed by atoms with Gasteiger partial charge < -0.3 is 20.2 Å². The average Bonchev–Trinajstić information content (AvgIpc) is 2.63. The van der Waals surface area contributed by atoms with Gasteiger partial charge >= 0.3 is 0 Å². The van der Waals surface area contributed by atoms with Gasteiger partial charge in [-0.3, -0.25) is 0 Å². The van der Waals surface area contributed by atoms with Gasteiger partial charge in [-0.15, -0.1) is 0 Å². The second-order valence-corrected chi connectivity index (χ2v) is 7.08. The van der Waals surface area contributed by atoms with Crippen molar-refractivity contribution in [1.82, 2.24) is 4.90 Å². The van der Waals surface area contributed by atoms with Gasteiger partial charge in [0.05, 0.1) is 0 Å². The number of thiocarbonyl (C=S) groups is 1. The predicted octanol–water partition coefficient (Wildman–Crippen LogP) is 4.03. The number of nitrogens with zero attached hydrogens (tertiary/aromatic N) is 2. The van der Waals surface area contributed by atoms with E-state index in [0.29, 0.717) is 11.7 Å². The third-order valence-corrected chi connectivity index (χ3v) is 4.97. The number of nitrogens with one attached hydrogen (secondary N) is 1. The summed E-state index contributed by atoms with van der Waals surface area (Å²) < 4.78 is 0. The number of hydrogen-bond acceptors (Lipinski definition) is 3. The number of hydrogen-bond donors (Lipinski definition) is 2. The van der Waals surface area contributed by atoms with Gasteiger partial charge in [0.1, 0.15) is 5.75 Å². The van der Waals surface area contributed by atoms with Gasteiger partial charge in [0, 0.05) is 37.6 Å². The Labute approximate surface area is 155 Å². The van der Waals surface area contributed by atoms with E-state index in [1.807, 2.05) is 12.1 Å². The number of piperazine rings is 1. The molecule has 4 nitrogen and oxygen atoms in total. The summed E-state index contributed by atoms with van der Waals surface area (Å²) in [5.41, 5.74) is 3.51. The van der Waals surface area contributed by atoms with Gasteiger partial charge in [0.15, 0.2) is 5.11 Å². The lowest BCUT2D eigenvalue weighted by Gasteiger charge is -2.37. The summed E-state index contributed by atoms with van der Waals surface area (Å²) in [6.45, 7) is 7.99. The lowest BCUT2D eigenvalue weighted by molar-refractivity contribution is 0.391. The van der Waals surface area contributed by atoms with Gasteiger partial charge in [-0.05, 0) is 60.1 Å². The number of benzene rings is 2. The quantitative estimate of drug-likeness (QED) is 0.813. The van der Waals surface area contributed by atoms with Gasteiger partial charge in [-0.2, -0.15) is 0 Å². The fraction of sp³-hybridized carbons (Fsp3) is 0.350. The number of aromatic hydroxyl groups is 1. The van der Waals surface area contributed by atoms with Gasteiger partial charge in [0.25, 0.3) is 0 Å². The topological polar surface area (TPSA) is 38.7 Å². The van der Waals surface area contributed by atoms with Gasteiger partial charge in [-0.25, -0.2) is 0 Å². The Bertz CT molecular complexity index is 705. The van der Waals surface area contributed by atoms with Gasteiger partial charge in [-0.1, -0.05) is 26.0 Å². The van der Waals surface area contributed by atoms with E-state index in [4.69, 9.17) is 12.2 Å². The summed E-state index contributed by atoms with van der Waals surface area (Å²) in [6.07, 6.45) is 0. The first kappa shape index (κ1) is 17.5.